The Morgan fingerprint density at radius 2 is 1.95 bits per heavy atom. The van der Waals surface area contributed by atoms with Crippen molar-refractivity contribution in [3.8, 4) is 5.75 Å². The highest BCUT2D eigenvalue weighted by molar-refractivity contribution is 6.33. The van der Waals surface area contributed by atoms with Crippen molar-refractivity contribution in [2.24, 2.45) is 0 Å². The quantitative estimate of drug-likeness (QED) is 0.850. The van der Waals surface area contributed by atoms with Crippen LogP contribution in [0.5, 0.6) is 5.75 Å². The summed E-state index contributed by atoms with van der Waals surface area (Å²) in [6.07, 6.45) is 2.70. The Bertz CT molecular complexity index is 640. The van der Waals surface area contributed by atoms with E-state index in [4.69, 9.17) is 27.9 Å². The first-order valence-corrected chi connectivity index (χ1v) is 7.82. The van der Waals surface area contributed by atoms with Gasteiger partial charge in [-0.15, -0.1) is 0 Å². The number of hydrogen-bond donors (Lipinski definition) is 1. The second kappa shape index (κ2) is 6.27. The molecule has 0 bridgehead atoms. The SMILES string of the molecule is CNC(c1cccc(OC2CC2)c1)c1cc(Cl)ccc1Cl. The molecule has 0 aromatic heterocycles. The molecule has 0 saturated heterocycles. The Morgan fingerprint density at radius 3 is 2.67 bits per heavy atom. The van der Waals surface area contributed by atoms with E-state index in [0.717, 1.165) is 29.7 Å². The molecule has 0 amide bonds. The van der Waals surface area contributed by atoms with E-state index >= 15 is 0 Å². The number of halogens is 2. The van der Waals surface area contributed by atoms with Crippen molar-refractivity contribution >= 4 is 23.2 Å². The summed E-state index contributed by atoms with van der Waals surface area (Å²) in [5.41, 5.74) is 2.08. The van der Waals surface area contributed by atoms with Gasteiger partial charge in [0.2, 0.25) is 0 Å². The number of rotatable bonds is 5. The number of ether oxygens (including phenoxy) is 1. The van der Waals surface area contributed by atoms with E-state index in [1.54, 1.807) is 6.07 Å². The summed E-state index contributed by atoms with van der Waals surface area (Å²) in [7, 11) is 1.91. The van der Waals surface area contributed by atoms with Gasteiger partial charge in [0.05, 0.1) is 12.1 Å². The van der Waals surface area contributed by atoms with E-state index in [1.165, 1.54) is 0 Å². The minimum Gasteiger partial charge on any atom is -0.490 e. The van der Waals surface area contributed by atoms with Crippen molar-refractivity contribution in [2.45, 2.75) is 25.0 Å². The molecule has 1 unspecified atom stereocenters. The predicted molar refractivity (Wildman–Crippen MR) is 87.5 cm³/mol. The Labute approximate surface area is 135 Å². The molecule has 0 heterocycles. The molecule has 1 atom stereocenters. The number of benzene rings is 2. The first kappa shape index (κ1) is 14.7. The molecule has 3 rings (SSSR count). The molecule has 1 saturated carbocycles. The van der Waals surface area contributed by atoms with Crippen LogP contribution in [0.2, 0.25) is 10.0 Å². The Kier molecular flexibility index (Phi) is 4.39. The normalized spacial score (nSPS) is 15.8. The Hall–Kier alpha value is -1.22. The summed E-state index contributed by atoms with van der Waals surface area (Å²) in [4.78, 5) is 0. The number of nitrogens with one attached hydrogen (secondary N) is 1. The third-order valence-corrected chi connectivity index (χ3v) is 4.16. The van der Waals surface area contributed by atoms with E-state index in [0.29, 0.717) is 16.1 Å². The van der Waals surface area contributed by atoms with Gasteiger partial charge in [-0.3, -0.25) is 0 Å². The van der Waals surface area contributed by atoms with Crippen LogP contribution in [-0.4, -0.2) is 13.2 Å². The van der Waals surface area contributed by atoms with Gasteiger partial charge in [0.25, 0.3) is 0 Å². The predicted octanol–water partition coefficient (Wildman–Crippen LogP) is 4.84. The highest BCUT2D eigenvalue weighted by atomic mass is 35.5. The van der Waals surface area contributed by atoms with Crippen LogP contribution in [0.1, 0.15) is 30.0 Å². The molecule has 0 radical (unpaired) electrons. The van der Waals surface area contributed by atoms with Crippen molar-refractivity contribution in [1.82, 2.24) is 5.32 Å². The molecule has 0 spiro atoms. The van der Waals surface area contributed by atoms with Gasteiger partial charge in [-0.2, -0.15) is 0 Å². The topological polar surface area (TPSA) is 21.3 Å². The van der Waals surface area contributed by atoms with Gasteiger partial charge in [0.15, 0.2) is 0 Å². The zero-order valence-corrected chi connectivity index (χ0v) is 13.3. The van der Waals surface area contributed by atoms with Crippen molar-refractivity contribution in [1.29, 1.82) is 0 Å². The Balaban J connectivity index is 1.93. The summed E-state index contributed by atoms with van der Waals surface area (Å²) >= 11 is 12.4. The molecular formula is C17H17Cl2NO. The summed E-state index contributed by atoms with van der Waals surface area (Å²) in [6, 6.07) is 13.7. The Morgan fingerprint density at radius 1 is 1.14 bits per heavy atom. The zero-order chi connectivity index (χ0) is 14.8. The fourth-order valence-corrected chi connectivity index (χ4v) is 2.79. The summed E-state index contributed by atoms with van der Waals surface area (Å²) < 4.78 is 5.86. The van der Waals surface area contributed by atoms with E-state index in [9.17, 15) is 0 Å². The van der Waals surface area contributed by atoms with Crippen molar-refractivity contribution < 1.29 is 4.74 Å². The van der Waals surface area contributed by atoms with E-state index in [-0.39, 0.29) is 6.04 Å². The lowest BCUT2D eigenvalue weighted by atomic mass is 9.98. The molecular weight excluding hydrogens is 305 g/mol. The maximum atomic E-state index is 6.32. The third kappa shape index (κ3) is 3.52. The highest BCUT2D eigenvalue weighted by Crippen LogP contribution is 2.33. The second-order valence-electron chi connectivity index (χ2n) is 5.28. The lowest BCUT2D eigenvalue weighted by molar-refractivity contribution is 0.302. The highest BCUT2D eigenvalue weighted by Gasteiger charge is 2.24. The maximum absolute atomic E-state index is 6.32. The smallest absolute Gasteiger partial charge is 0.120 e. The minimum absolute atomic E-state index is 0.0149. The average Bonchev–Trinajstić information content (AvgIpc) is 3.28. The molecule has 1 fully saturated rings. The van der Waals surface area contributed by atoms with E-state index in [1.807, 2.05) is 31.3 Å². The van der Waals surface area contributed by atoms with Gasteiger partial charge in [-0.05, 0) is 61.3 Å². The zero-order valence-electron chi connectivity index (χ0n) is 11.8. The van der Waals surface area contributed by atoms with Gasteiger partial charge in [-0.1, -0.05) is 35.3 Å². The van der Waals surface area contributed by atoms with Crippen LogP contribution in [-0.2, 0) is 0 Å². The van der Waals surface area contributed by atoms with Crippen LogP contribution in [0.15, 0.2) is 42.5 Å². The molecule has 2 aromatic rings. The lowest BCUT2D eigenvalue weighted by Gasteiger charge is -2.19. The van der Waals surface area contributed by atoms with E-state index in [2.05, 4.69) is 17.4 Å². The molecule has 1 N–H and O–H groups in total. The number of hydrogen-bond acceptors (Lipinski definition) is 2. The fraction of sp³-hybridized carbons (Fsp3) is 0.294. The van der Waals surface area contributed by atoms with Crippen molar-refractivity contribution in [3.05, 3.63) is 63.6 Å². The average molecular weight is 322 g/mol. The molecule has 1 aliphatic rings. The van der Waals surface area contributed by atoms with Crippen LogP contribution in [0.4, 0.5) is 0 Å². The molecule has 21 heavy (non-hydrogen) atoms. The van der Waals surface area contributed by atoms with Gasteiger partial charge >= 0.3 is 0 Å². The van der Waals surface area contributed by atoms with E-state index < -0.39 is 0 Å². The van der Waals surface area contributed by atoms with Gasteiger partial charge in [0, 0.05) is 10.0 Å². The lowest BCUT2D eigenvalue weighted by Crippen LogP contribution is -2.18. The van der Waals surface area contributed by atoms with Crippen LogP contribution in [0, 0.1) is 0 Å². The molecule has 2 nitrogen and oxygen atoms in total. The minimum atomic E-state index is -0.0149. The van der Waals surface area contributed by atoms with Gasteiger partial charge in [-0.25, -0.2) is 0 Å². The van der Waals surface area contributed by atoms with Gasteiger partial charge < -0.3 is 10.1 Å². The fourth-order valence-electron chi connectivity index (χ4n) is 2.38. The summed E-state index contributed by atoms with van der Waals surface area (Å²) in [6.45, 7) is 0. The summed E-state index contributed by atoms with van der Waals surface area (Å²) in [5.74, 6) is 0.911. The molecule has 4 heteroatoms. The third-order valence-electron chi connectivity index (χ3n) is 3.58. The van der Waals surface area contributed by atoms with Crippen molar-refractivity contribution in [3.63, 3.8) is 0 Å². The van der Waals surface area contributed by atoms with Crippen LogP contribution < -0.4 is 10.1 Å². The van der Waals surface area contributed by atoms with Crippen LogP contribution in [0.3, 0.4) is 0 Å². The second-order valence-corrected chi connectivity index (χ2v) is 6.12. The molecule has 1 aliphatic carbocycles. The standard InChI is InChI=1S/C17H17Cl2NO/c1-20-17(15-10-12(18)5-8-16(15)19)11-3-2-4-14(9-11)21-13-6-7-13/h2-5,8-10,13,17,20H,6-7H2,1H3. The first-order chi connectivity index (χ1) is 10.2. The first-order valence-electron chi connectivity index (χ1n) is 7.06. The summed E-state index contributed by atoms with van der Waals surface area (Å²) in [5, 5.41) is 4.68. The maximum Gasteiger partial charge on any atom is 0.120 e. The molecule has 0 aliphatic heterocycles. The largest absolute Gasteiger partial charge is 0.490 e. The monoisotopic (exact) mass is 321 g/mol. The van der Waals surface area contributed by atoms with Crippen molar-refractivity contribution in [2.75, 3.05) is 7.05 Å². The van der Waals surface area contributed by atoms with Crippen LogP contribution in [0.25, 0.3) is 0 Å². The molecule has 110 valence electrons. The van der Waals surface area contributed by atoms with Gasteiger partial charge in [0.1, 0.15) is 5.75 Å². The van der Waals surface area contributed by atoms with Crippen LogP contribution >= 0.6 is 23.2 Å². The molecule has 2 aromatic carbocycles.